The van der Waals surface area contributed by atoms with Crippen LogP contribution in [-0.2, 0) is 0 Å². The van der Waals surface area contributed by atoms with Crippen LogP contribution in [0.4, 0.5) is 28.4 Å². The van der Waals surface area contributed by atoms with Gasteiger partial charge >= 0.3 is 0 Å². The van der Waals surface area contributed by atoms with E-state index in [1.165, 1.54) is 60.7 Å². The van der Waals surface area contributed by atoms with Gasteiger partial charge in [0.25, 0.3) is 0 Å². The van der Waals surface area contributed by atoms with Crippen LogP contribution in [0.3, 0.4) is 0 Å². The highest BCUT2D eigenvalue weighted by atomic mass is 15.2. The van der Waals surface area contributed by atoms with Crippen molar-refractivity contribution in [2.75, 3.05) is 9.80 Å². The Morgan fingerprint density at radius 2 is 1.16 bits per heavy atom. The molecule has 9 aromatic carbocycles. The van der Waals surface area contributed by atoms with Gasteiger partial charge in [-0.2, -0.15) is 5.26 Å². The SMILES string of the molecule is Cc1ccc(N(c2ccc(-c3ccc(N(c4ccc(C#N)cc4)c4ccc5c(c4)c4ccccc4n5-c4ccccc4)cc3)c3ccccc23)C2CC=Cc3ccccc32)cc1. The first-order valence-corrected chi connectivity index (χ1v) is 21.3. The average molecular weight is 795 g/mol. The number of hydrogen-bond donors (Lipinski definition) is 0. The smallest absolute Gasteiger partial charge is 0.0991 e. The molecule has 0 aliphatic heterocycles. The Balaban J connectivity index is 1.02. The van der Waals surface area contributed by atoms with Crippen molar-refractivity contribution in [3.05, 3.63) is 235 Å². The van der Waals surface area contributed by atoms with E-state index in [-0.39, 0.29) is 6.04 Å². The number of fused-ring (bicyclic) bond motifs is 5. The summed E-state index contributed by atoms with van der Waals surface area (Å²) in [7, 11) is 0. The second kappa shape index (κ2) is 15.5. The van der Waals surface area contributed by atoms with Gasteiger partial charge in [-0.1, -0.05) is 133 Å². The summed E-state index contributed by atoms with van der Waals surface area (Å²) in [4.78, 5) is 4.83. The number of aryl methyl sites for hydroxylation is 1. The highest BCUT2D eigenvalue weighted by Gasteiger charge is 2.27. The van der Waals surface area contributed by atoms with Crippen LogP contribution in [0.25, 0.3) is 55.5 Å². The van der Waals surface area contributed by atoms with E-state index in [1.807, 2.05) is 24.3 Å². The Morgan fingerprint density at radius 3 is 1.94 bits per heavy atom. The van der Waals surface area contributed by atoms with Crippen molar-refractivity contribution >= 4 is 67.1 Å². The number of aromatic nitrogens is 1. The van der Waals surface area contributed by atoms with Gasteiger partial charge < -0.3 is 14.4 Å². The Hall–Kier alpha value is -8.13. The van der Waals surface area contributed by atoms with E-state index in [0.717, 1.165) is 40.3 Å². The van der Waals surface area contributed by atoms with Crippen molar-refractivity contribution in [3.8, 4) is 22.9 Å². The number of anilines is 5. The Morgan fingerprint density at radius 1 is 0.532 bits per heavy atom. The van der Waals surface area contributed by atoms with Crippen molar-refractivity contribution in [3.63, 3.8) is 0 Å². The zero-order valence-corrected chi connectivity index (χ0v) is 34.4. The molecule has 62 heavy (non-hydrogen) atoms. The van der Waals surface area contributed by atoms with E-state index in [9.17, 15) is 5.26 Å². The summed E-state index contributed by atoms with van der Waals surface area (Å²) in [6, 6.07) is 76.4. The fourth-order valence-corrected chi connectivity index (χ4v) is 9.48. The van der Waals surface area contributed by atoms with Crippen LogP contribution in [0.1, 0.15) is 34.7 Å². The van der Waals surface area contributed by atoms with Crippen molar-refractivity contribution in [2.45, 2.75) is 19.4 Å². The molecule has 1 aliphatic rings. The van der Waals surface area contributed by atoms with Gasteiger partial charge in [0.15, 0.2) is 0 Å². The van der Waals surface area contributed by atoms with Crippen LogP contribution in [-0.4, -0.2) is 4.57 Å². The van der Waals surface area contributed by atoms with Crippen molar-refractivity contribution < 1.29 is 0 Å². The van der Waals surface area contributed by atoms with Crippen molar-refractivity contribution in [1.82, 2.24) is 4.57 Å². The van der Waals surface area contributed by atoms with E-state index in [0.29, 0.717) is 5.56 Å². The third-order valence-electron chi connectivity index (χ3n) is 12.4. The predicted molar refractivity (Wildman–Crippen MR) is 259 cm³/mol. The van der Waals surface area contributed by atoms with Crippen molar-refractivity contribution in [2.24, 2.45) is 0 Å². The molecule has 0 fully saturated rings. The second-order valence-electron chi connectivity index (χ2n) is 16.1. The van der Waals surface area contributed by atoms with E-state index >= 15 is 0 Å². The van der Waals surface area contributed by atoms with Crippen LogP contribution in [0.2, 0.25) is 0 Å². The maximum absolute atomic E-state index is 9.68. The minimum Gasteiger partial charge on any atom is -0.333 e. The largest absolute Gasteiger partial charge is 0.333 e. The van der Waals surface area contributed by atoms with E-state index in [2.05, 4.69) is 222 Å². The molecule has 0 bridgehead atoms. The molecular formula is C58H42N4. The Bertz CT molecular complexity index is 3340. The van der Waals surface area contributed by atoms with E-state index in [1.54, 1.807) is 0 Å². The lowest BCUT2D eigenvalue weighted by Crippen LogP contribution is -2.25. The zero-order chi connectivity index (χ0) is 41.6. The summed E-state index contributed by atoms with van der Waals surface area (Å²) >= 11 is 0. The molecule has 0 amide bonds. The Kier molecular flexibility index (Phi) is 9.21. The average Bonchev–Trinajstić information content (AvgIpc) is 3.67. The molecule has 1 aliphatic carbocycles. The molecule has 1 heterocycles. The third-order valence-corrected chi connectivity index (χ3v) is 12.4. The fourth-order valence-electron chi connectivity index (χ4n) is 9.48. The van der Waals surface area contributed by atoms with E-state index < -0.39 is 0 Å². The van der Waals surface area contributed by atoms with Gasteiger partial charge in [-0.05, 0) is 132 Å². The molecule has 4 heteroatoms. The standard InChI is InChI=1S/C58H42N4/c1-40-22-28-47(29-23-40)62(55-21-11-13-42-12-5-6-16-50(42)55)57-37-35-49(51-17-7-8-18-52(51)57)43-26-32-46(33-27-43)60(45-30-24-41(39-59)25-31-45)48-34-36-58-54(38-48)53-19-9-10-20-56(53)61(58)44-14-3-2-4-15-44/h2-20,22-38,55H,21H2,1H3. The van der Waals surface area contributed by atoms with Crippen molar-refractivity contribution in [1.29, 1.82) is 5.26 Å². The summed E-state index contributed by atoms with van der Waals surface area (Å²) < 4.78 is 2.34. The van der Waals surface area contributed by atoms with Gasteiger partial charge in [-0.25, -0.2) is 0 Å². The molecule has 1 unspecified atom stereocenters. The quantitative estimate of drug-likeness (QED) is 0.154. The second-order valence-corrected chi connectivity index (χ2v) is 16.1. The molecule has 4 nitrogen and oxygen atoms in total. The van der Waals surface area contributed by atoms with Crippen LogP contribution < -0.4 is 9.80 Å². The van der Waals surface area contributed by atoms with E-state index in [4.69, 9.17) is 0 Å². The first-order chi connectivity index (χ1) is 30.6. The lowest BCUT2D eigenvalue weighted by molar-refractivity contribution is 0.703. The monoisotopic (exact) mass is 794 g/mol. The molecule has 294 valence electrons. The minimum absolute atomic E-state index is 0.148. The number of benzene rings is 9. The summed E-state index contributed by atoms with van der Waals surface area (Å²) in [5, 5.41) is 14.5. The predicted octanol–water partition coefficient (Wildman–Crippen LogP) is 15.6. The molecule has 0 spiro atoms. The molecule has 1 atom stereocenters. The fraction of sp³-hybridized carbons (Fsp3) is 0.0517. The number of nitrogens with zero attached hydrogens (tertiary/aromatic N) is 4. The minimum atomic E-state index is 0.148. The maximum atomic E-state index is 9.68. The topological polar surface area (TPSA) is 35.2 Å². The Labute approximate surface area is 362 Å². The lowest BCUT2D eigenvalue weighted by atomic mass is 9.89. The lowest BCUT2D eigenvalue weighted by Gasteiger charge is -2.37. The van der Waals surface area contributed by atoms with Crippen LogP contribution in [0.15, 0.2) is 212 Å². The number of nitriles is 1. The molecule has 0 saturated heterocycles. The first kappa shape index (κ1) is 36.9. The summed E-state index contributed by atoms with van der Waals surface area (Å²) in [5.74, 6) is 0. The first-order valence-electron chi connectivity index (χ1n) is 21.3. The van der Waals surface area contributed by atoms with Crippen LogP contribution in [0, 0.1) is 18.3 Å². The molecule has 11 rings (SSSR count). The third kappa shape index (κ3) is 6.40. The number of para-hydroxylation sites is 2. The maximum Gasteiger partial charge on any atom is 0.0991 e. The van der Waals surface area contributed by atoms with Gasteiger partial charge in [-0.15, -0.1) is 0 Å². The van der Waals surface area contributed by atoms with Gasteiger partial charge in [0.2, 0.25) is 0 Å². The number of hydrogen-bond acceptors (Lipinski definition) is 3. The molecule has 1 aromatic heterocycles. The zero-order valence-electron chi connectivity index (χ0n) is 34.4. The van der Waals surface area contributed by atoms with Crippen LogP contribution in [0.5, 0.6) is 0 Å². The summed E-state index contributed by atoms with van der Waals surface area (Å²) in [5.41, 5.74) is 15.7. The molecule has 0 N–H and O–H groups in total. The van der Waals surface area contributed by atoms with Gasteiger partial charge in [0.05, 0.1) is 28.7 Å². The molecule has 10 aromatic rings. The van der Waals surface area contributed by atoms with Gasteiger partial charge in [0, 0.05) is 50.3 Å². The normalized spacial score (nSPS) is 13.3. The highest BCUT2D eigenvalue weighted by Crippen LogP contribution is 2.46. The van der Waals surface area contributed by atoms with Crippen LogP contribution >= 0.6 is 0 Å². The highest BCUT2D eigenvalue weighted by molar-refractivity contribution is 6.11. The summed E-state index contributed by atoms with van der Waals surface area (Å²) in [6.07, 6.45) is 5.49. The van der Waals surface area contributed by atoms with Gasteiger partial charge in [0.1, 0.15) is 0 Å². The molecule has 0 radical (unpaired) electrons. The molecule has 0 saturated carbocycles. The summed E-state index contributed by atoms with van der Waals surface area (Å²) in [6.45, 7) is 2.15. The van der Waals surface area contributed by atoms with Gasteiger partial charge in [-0.3, -0.25) is 0 Å². The number of rotatable bonds is 8. The molecular weight excluding hydrogens is 753 g/mol.